The van der Waals surface area contributed by atoms with Gasteiger partial charge in [0.25, 0.3) is 5.91 Å². The van der Waals surface area contributed by atoms with Crippen molar-refractivity contribution in [2.24, 2.45) is 0 Å². The fourth-order valence-electron chi connectivity index (χ4n) is 3.37. The van der Waals surface area contributed by atoms with Crippen molar-refractivity contribution < 1.29 is 14.3 Å². The summed E-state index contributed by atoms with van der Waals surface area (Å²) in [7, 11) is 0. The van der Waals surface area contributed by atoms with E-state index in [1.54, 1.807) is 0 Å². The number of carbonyl (C=O) groups excluding carboxylic acids is 2. The molecule has 2 amide bonds. The van der Waals surface area contributed by atoms with Crippen LogP contribution < -0.4 is 0 Å². The van der Waals surface area contributed by atoms with Gasteiger partial charge < -0.3 is 14.5 Å². The summed E-state index contributed by atoms with van der Waals surface area (Å²) in [6.45, 7) is 6.72. The number of hydrogen-bond donors (Lipinski definition) is 0. The lowest BCUT2D eigenvalue weighted by Crippen LogP contribution is -2.48. The summed E-state index contributed by atoms with van der Waals surface area (Å²) in [6, 6.07) is 7.63. The van der Waals surface area contributed by atoms with Crippen LogP contribution in [0.3, 0.4) is 0 Å². The summed E-state index contributed by atoms with van der Waals surface area (Å²) in [5, 5.41) is 0. The molecule has 1 aromatic rings. The van der Waals surface area contributed by atoms with E-state index in [1.807, 2.05) is 47.9 Å². The first-order chi connectivity index (χ1) is 11.0. The van der Waals surface area contributed by atoms with Gasteiger partial charge in [-0.15, -0.1) is 0 Å². The lowest BCUT2D eigenvalue weighted by molar-refractivity contribution is -0.128. The summed E-state index contributed by atoms with van der Waals surface area (Å²) in [5.74, 6) is 0.275. The fraction of sp³-hybridized carbons (Fsp3) is 0.556. The normalized spacial score (nSPS) is 25.0. The topological polar surface area (TPSA) is 49.9 Å². The Morgan fingerprint density at radius 1 is 1.17 bits per heavy atom. The Labute approximate surface area is 137 Å². The van der Waals surface area contributed by atoms with E-state index >= 15 is 0 Å². The fourth-order valence-corrected chi connectivity index (χ4v) is 3.37. The van der Waals surface area contributed by atoms with E-state index in [4.69, 9.17) is 4.74 Å². The van der Waals surface area contributed by atoms with Crippen molar-refractivity contribution in [1.82, 2.24) is 9.80 Å². The van der Waals surface area contributed by atoms with Crippen molar-refractivity contribution in [3.05, 3.63) is 35.4 Å². The SMILES string of the molecule is C[C@@H]1CN(C(=O)c2ccc(CN3CCCC3=O)cc2)C[C@@H](C)O1. The smallest absolute Gasteiger partial charge is 0.254 e. The molecule has 2 aliphatic heterocycles. The highest BCUT2D eigenvalue weighted by molar-refractivity contribution is 5.94. The second-order valence-electron chi connectivity index (χ2n) is 6.58. The van der Waals surface area contributed by atoms with Crippen LogP contribution in [0.4, 0.5) is 0 Å². The molecular weight excluding hydrogens is 292 g/mol. The van der Waals surface area contributed by atoms with Crippen molar-refractivity contribution in [3.63, 3.8) is 0 Å². The molecule has 0 N–H and O–H groups in total. The molecule has 0 saturated carbocycles. The average molecular weight is 316 g/mol. The van der Waals surface area contributed by atoms with Gasteiger partial charge in [0.15, 0.2) is 0 Å². The molecule has 2 heterocycles. The van der Waals surface area contributed by atoms with Crippen LogP contribution in [0.1, 0.15) is 42.6 Å². The van der Waals surface area contributed by atoms with Gasteiger partial charge in [0.05, 0.1) is 12.2 Å². The van der Waals surface area contributed by atoms with Crippen LogP contribution in [0.15, 0.2) is 24.3 Å². The maximum Gasteiger partial charge on any atom is 0.254 e. The van der Waals surface area contributed by atoms with E-state index in [0.717, 1.165) is 18.5 Å². The summed E-state index contributed by atoms with van der Waals surface area (Å²) in [4.78, 5) is 28.0. The number of morpholine rings is 1. The van der Waals surface area contributed by atoms with Crippen molar-refractivity contribution in [3.8, 4) is 0 Å². The van der Waals surface area contributed by atoms with Gasteiger partial charge in [0, 0.05) is 38.2 Å². The number of likely N-dealkylation sites (tertiary alicyclic amines) is 1. The van der Waals surface area contributed by atoms with E-state index < -0.39 is 0 Å². The molecule has 0 aliphatic carbocycles. The molecule has 5 heteroatoms. The van der Waals surface area contributed by atoms with Crippen LogP contribution >= 0.6 is 0 Å². The highest BCUT2D eigenvalue weighted by Gasteiger charge is 2.26. The second-order valence-corrected chi connectivity index (χ2v) is 6.58. The predicted molar refractivity (Wildman–Crippen MR) is 87.0 cm³/mol. The number of rotatable bonds is 3. The van der Waals surface area contributed by atoms with Crippen LogP contribution in [-0.2, 0) is 16.1 Å². The third-order valence-corrected chi connectivity index (χ3v) is 4.45. The molecule has 0 unspecified atom stereocenters. The van der Waals surface area contributed by atoms with E-state index in [-0.39, 0.29) is 24.0 Å². The third kappa shape index (κ3) is 3.72. The Morgan fingerprint density at radius 2 is 1.83 bits per heavy atom. The van der Waals surface area contributed by atoms with E-state index in [9.17, 15) is 9.59 Å². The van der Waals surface area contributed by atoms with Gasteiger partial charge in [-0.1, -0.05) is 12.1 Å². The maximum atomic E-state index is 12.6. The molecule has 2 atom stereocenters. The number of amides is 2. The first kappa shape index (κ1) is 16.0. The molecule has 0 radical (unpaired) electrons. The molecule has 23 heavy (non-hydrogen) atoms. The molecule has 5 nitrogen and oxygen atoms in total. The first-order valence-corrected chi connectivity index (χ1v) is 8.34. The first-order valence-electron chi connectivity index (χ1n) is 8.34. The molecule has 2 aliphatic rings. The number of ether oxygens (including phenoxy) is 1. The standard InChI is InChI=1S/C18H24N2O3/c1-13-10-20(11-14(2)23-13)18(22)16-7-5-15(6-8-16)12-19-9-3-4-17(19)21/h5-8,13-14H,3-4,9-12H2,1-2H3/t13-,14-/m1/s1. The molecule has 124 valence electrons. The molecule has 2 saturated heterocycles. The van der Waals surface area contributed by atoms with Crippen molar-refractivity contribution in [1.29, 1.82) is 0 Å². The molecule has 1 aromatic carbocycles. The van der Waals surface area contributed by atoms with E-state index in [0.29, 0.717) is 31.6 Å². The van der Waals surface area contributed by atoms with Crippen molar-refractivity contribution in [2.45, 2.75) is 45.4 Å². The van der Waals surface area contributed by atoms with Gasteiger partial charge in [-0.2, -0.15) is 0 Å². The summed E-state index contributed by atoms with van der Waals surface area (Å²) in [6.07, 6.45) is 1.75. The van der Waals surface area contributed by atoms with Crippen molar-refractivity contribution >= 4 is 11.8 Å². The molecule has 2 fully saturated rings. The van der Waals surface area contributed by atoms with Crippen LogP contribution in [-0.4, -0.2) is 53.5 Å². The zero-order valence-corrected chi connectivity index (χ0v) is 13.8. The van der Waals surface area contributed by atoms with E-state index in [1.165, 1.54) is 0 Å². The highest BCUT2D eigenvalue weighted by Crippen LogP contribution is 2.17. The molecular formula is C18H24N2O3. The van der Waals surface area contributed by atoms with Gasteiger partial charge in [-0.3, -0.25) is 9.59 Å². The zero-order valence-electron chi connectivity index (χ0n) is 13.8. The Morgan fingerprint density at radius 3 is 2.39 bits per heavy atom. The number of nitrogens with zero attached hydrogens (tertiary/aromatic N) is 2. The molecule has 0 spiro atoms. The summed E-state index contributed by atoms with van der Waals surface area (Å²) in [5.41, 5.74) is 1.77. The van der Waals surface area contributed by atoms with Crippen LogP contribution in [0.2, 0.25) is 0 Å². The van der Waals surface area contributed by atoms with Gasteiger partial charge >= 0.3 is 0 Å². The Hall–Kier alpha value is -1.88. The van der Waals surface area contributed by atoms with Crippen molar-refractivity contribution in [2.75, 3.05) is 19.6 Å². The van der Waals surface area contributed by atoms with Crippen LogP contribution in [0, 0.1) is 0 Å². The Kier molecular flexibility index (Phi) is 4.66. The quantitative estimate of drug-likeness (QED) is 0.857. The minimum Gasteiger partial charge on any atom is -0.372 e. The summed E-state index contributed by atoms with van der Waals surface area (Å²) < 4.78 is 5.67. The molecule has 0 bridgehead atoms. The van der Waals surface area contributed by atoms with Crippen LogP contribution in [0.25, 0.3) is 0 Å². The monoisotopic (exact) mass is 316 g/mol. The Bertz CT molecular complexity index is 574. The largest absolute Gasteiger partial charge is 0.372 e. The average Bonchev–Trinajstić information content (AvgIpc) is 2.91. The van der Waals surface area contributed by atoms with Gasteiger partial charge in [-0.05, 0) is 38.0 Å². The van der Waals surface area contributed by atoms with Gasteiger partial charge in [-0.25, -0.2) is 0 Å². The number of benzene rings is 1. The predicted octanol–water partition coefficient (Wildman–Crippen LogP) is 2.06. The highest BCUT2D eigenvalue weighted by atomic mass is 16.5. The maximum absolute atomic E-state index is 12.6. The Balaban J connectivity index is 1.64. The lowest BCUT2D eigenvalue weighted by Gasteiger charge is -2.35. The number of hydrogen-bond acceptors (Lipinski definition) is 3. The summed E-state index contributed by atoms with van der Waals surface area (Å²) >= 11 is 0. The lowest BCUT2D eigenvalue weighted by atomic mass is 10.1. The third-order valence-electron chi connectivity index (χ3n) is 4.45. The number of carbonyl (C=O) groups is 2. The van der Waals surface area contributed by atoms with Crippen LogP contribution in [0.5, 0.6) is 0 Å². The molecule has 0 aromatic heterocycles. The van der Waals surface area contributed by atoms with E-state index in [2.05, 4.69) is 0 Å². The van der Waals surface area contributed by atoms with Gasteiger partial charge in [0.1, 0.15) is 0 Å². The zero-order chi connectivity index (χ0) is 16.4. The minimum absolute atomic E-state index is 0.0517. The second kappa shape index (κ2) is 6.71. The minimum atomic E-state index is 0.0517. The molecule has 3 rings (SSSR count). The van der Waals surface area contributed by atoms with Gasteiger partial charge in [0.2, 0.25) is 5.91 Å².